The lowest BCUT2D eigenvalue weighted by Crippen LogP contribution is -2.48. The van der Waals surface area contributed by atoms with E-state index in [0.717, 1.165) is 37.6 Å². The van der Waals surface area contributed by atoms with Gasteiger partial charge in [0, 0.05) is 55.5 Å². The molecule has 0 aliphatic carbocycles. The van der Waals surface area contributed by atoms with Crippen molar-refractivity contribution in [3.63, 3.8) is 0 Å². The highest BCUT2D eigenvalue weighted by Gasteiger charge is 2.37. The zero-order valence-corrected chi connectivity index (χ0v) is 21.0. The number of aliphatic hydroxyl groups is 1. The van der Waals surface area contributed by atoms with Gasteiger partial charge in [0.1, 0.15) is 6.23 Å². The first kappa shape index (κ1) is 24.7. The van der Waals surface area contributed by atoms with Gasteiger partial charge in [-0.05, 0) is 25.1 Å². The highest BCUT2D eigenvalue weighted by atomic mass is 35.5. The first-order valence-electron chi connectivity index (χ1n) is 11.7. The van der Waals surface area contributed by atoms with Gasteiger partial charge in [-0.15, -0.1) is 0 Å². The average molecular weight is 524 g/mol. The highest BCUT2D eigenvalue weighted by molar-refractivity contribution is 7.99. The van der Waals surface area contributed by atoms with Gasteiger partial charge in [0.2, 0.25) is 0 Å². The minimum atomic E-state index is -2.64. The molecule has 11 heteroatoms. The molecule has 2 atom stereocenters. The maximum absolute atomic E-state index is 13.4. The molecule has 4 heterocycles. The van der Waals surface area contributed by atoms with Gasteiger partial charge in [-0.3, -0.25) is 4.90 Å². The Hall–Kier alpha value is -1.98. The van der Waals surface area contributed by atoms with E-state index in [1.165, 1.54) is 11.8 Å². The number of halogens is 3. The number of H-pyrrole nitrogens is 1. The summed E-state index contributed by atoms with van der Waals surface area (Å²) in [5.41, 5.74) is 3.92. The van der Waals surface area contributed by atoms with Crippen LogP contribution in [-0.4, -0.2) is 81.8 Å². The fraction of sp³-hybridized carbons (Fsp3) is 0.500. The van der Waals surface area contributed by atoms with E-state index in [1.54, 1.807) is 11.0 Å². The number of hydrogen-bond acceptors (Lipinski definition) is 7. The lowest BCUT2D eigenvalue weighted by atomic mass is 10.1. The van der Waals surface area contributed by atoms with Gasteiger partial charge in [-0.2, -0.15) is 0 Å². The van der Waals surface area contributed by atoms with Crippen molar-refractivity contribution < 1.29 is 18.6 Å². The number of aromatic amines is 1. The van der Waals surface area contributed by atoms with Crippen molar-refractivity contribution in [3.8, 4) is 11.3 Å². The molecule has 3 aromatic rings. The van der Waals surface area contributed by atoms with Crippen molar-refractivity contribution >= 4 is 40.2 Å². The topological polar surface area (TPSA) is 77.5 Å². The normalized spacial score (nSPS) is 20.8. The lowest BCUT2D eigenvalue weighted by molar-refractivity contribution is -0.0936. The van der Waals surface area contributed by atoms with E-state index in [-0.39, 0.29) is 31.2 Å². The number of ether oxygens (including phenoxy) is 1. The monoisotopic (exact) mass is 523 g/mol. The first-order valence-corrected chi connectivity index (χ1v) is 13.0. The molecule has 0 bridgehead atoms. The van der Waals surface area contributed by atoms with E-state index in [1.807, 2.05) is 19.1 Å². The van der Waals surface area contributed by atoms with Gasteiger partial charge >= 0.3 is 0 Å². The number of nitrogens with zero attached hydrogens (tertiary/aromatic N) is 4. The van der Waals surface area contributed by atoms with Gasteiger partial charge in [0.15, 0.2) is 10.8 Å². The van der Waals surface area contributed by atoms with E-state index in [0.29, 0.717) is 27.0 Å². The molecule has 2 aliphatic rings. The molecule has 35 heavy (non-hydrogen) atoms. The zero-order valence-electron chi connectivity index (χ0n) is 19.4. The summed E-state index contributed by atoms with van der Waals surface area (Å²) in [7, 11) is 0. The van der Waals surface area contributed by atoms with Crippen LogP contribution in [-0.2, 0) is 4.74 Å². The number of piperidine rings is 1. The highest BCUT2D eigenvalue weighted by Crippen LogP contribution is 2.34. The Labute approximate surface area is 211 Å². The number of aliphatic hydroxyl groups excluding tert-OH is 1. The summed E-state index contributed by atoms with van der Waals surface area (Å²) in [5.74, 6) is -2.64. The number of rotatable bonds is 6. The van der Waals surface area contributed by atoms with Crippen LogP contribution in [0.1, 0.15) is 19.8 Å². The lowest BCUT2D eigenvalue weighted by Gasteiger charge is -2.36. The number of hydrogen-bond donors (Lipinski definition) is 2. The SMILES string of the molecule is CC(Sc1nc2nc(-c3ccc(N4CCOCC4)cc3)c(Cl)cc2[nH]1)C(O)N1CCC(F)(F)CC1. The third-order valence-corrected chi connectivity index (χ3v) is 7.86. The Morgan fingerprint density at radius 1 is 1.11 bits per heavy atom. The molecule has 0 amide bonds. The Bertz CT molecular complexity index is 1160. The number of fused-ring (bicyclic) bond motifs is 1. The maximum Gasteiger partial charge on any atom is 0.250 e. The number of morpholine rings is 1. The second-order valence-electron chi connectivity index (χ2n) is 9.01. The number of benzene rings is 1. The van der Waals surface area contributed by atoms with Crippen LogP contribution in [0.4, 0.5) is 14.5 Å². The van der Waals surface area contributed by atoms with Gasteiger partial charge in [0.25, 0.3) is 5.92 Å². The van der Waals surface area contributed by atoms with Crippen LogP contribution in [0.15, 0.2) is 35.5 Å². The third kappa shape index (κ3) is 5.56. The molecule has 2 unspecified atom stereocenters. The van der Waals surface area contributed by atoms with E-state index < -0.39 is 12.2 Å². The molecule has 0 spiro atoms. The number of anilines is 1. The fourth-order valence-electron chi connectivity index (χ4n) is 4.46. The average Bonchev–Trinajstić information content (AvgIpc) is 3.24. The van der Waals surface area contributed by atoms with Crippen LogP contribution < -0.4 is 4.90 Å². The second-order valence-corrected chi connectivity index (χ2v) is 10.8. The number of aromatic nitrogens is 3. The van der Waals surface area contributed by atoms with E-state index in [4.69, 9.17) is 16.3 Å². The molecular weight excluding hydrogens is 496 g/mol. The van der Waals surface area contributed by atoms with Crippen molar-refractivity contribution in [1.82, 2.24) is 19.9 Å². The number of imidazole rings is 1. The van der Waals surface area contributed by atoms with Crippen molar-refractivity contribution in [1.29, 1.82) is 0 Å². The van der Waals surface area contributed by atoms with Crippen LogP contribution in [0.2, 0.25) is 5.02 Å². The minimum absolute atomic E-state index is 0.171. The zero-order chi connectivity index (χ0) is 24.6. The first-order chi connectivity index (χ1) is 16.8. The summed E-state index contributed by atoms with van der Waals surface area (Å²) in [6, 6.07) is 9.95. The molecule has 1 aromatic carbocycles. The number of pyridine rings is 1. The van der Waals surface area contributed by atoms with Gasteiger partial charge in [0.05, 0.1) is 29.4 Å². The van der Waals surface area contributed by atoms with Crippen LogP contribution >= 0.6 is 23.4 Å². The quantitative estimate of drug-likeness (QED) is 0.456. The van der Waals surface area contributed by atoms with Crippen LogP contribution in [0.25, 0.3) is 22.4 Å². The Morgan fingerprint density at radius 3 is 2.49 bits per heavy atom. The number of nitrogens with one attached hydrogen (secondary N) is 1. The molecule has 7 nitrogen and oxygen atoms in total. The van der Waals surface area contributed by atoms with Crippen LogP contribution in [0, 0.1) is 0 Å². The summed E-state index contributed by atoms with van der Waals surface area (Å²) in [6.45, 7) is 5.40. The smallest absolute Gasteiger partial charge is 0.250 e. The van der Waals surface area contributed by atoms with Crippen molar-refractivity contribution in [3.05, 3.63) is 35.4 Å². The third-order valence-electron chi connectivity index (χ3n) is 6.54. The van der Waals surface area contributed by atoms with Gasteiger partial charge in [-0.1, -0.05) is 35.5 Å². The van der Waals surface area contributed by atoms with E-state index in [2.05, 4.69) is 32.0 Å². The summed E-state index contributed by atoms with van der Waals surface area (Å²) in [4.78, 5) is 16.5. The Balaban J connectivity index is 1.29. The molecule has 0 radical (unpaired) electrons. The minimum Gasteiger partial charge on any atom is -0.378 e. The summed E-state index contributed by atoms with van der Waals surface area (Å²) >= 11 is 7.92. The summed E-state index contributed by atoms with van der Waals surface area (Å²) < 4.78 is 32.3. The van der Waals surface area contributed by atoms with Crippen molar-refractivity contribution in [2.45, 2.75) is 42.3 Å². The fourth-order valence-corrected chi connectivity index (χ4v) is 5.67. The second kappa shape index (κ2) is 10.2. The number of thioether (sulfide) groups is 1. The maximum atomic E-state index is 13.4. The molecule has 2 saturated heterocycles. The molecule has 2 N–H and O–H groups in total. The summed E-state index contributed by atoms with van der Waals surface area (Å²) in [5, 5.41) is 11.5. The molecular formula is C24H28ClF2N5O2S. The van der Waals surface area contributed by atoms with Gasteiger partial charge < -0.3 is 19.7 Å². The van der Waals surface area contributed by atoms with Gasteiger partial charge in [-0.25, -0.2) is 18.7 Å². The Morgan fingerprint density at radius 2 is 1.80 bits per heavy atom. The molecule has 2 aromatic heterocycles. The van der Waals surface area contributed by atoms with Crippen LogP contribution in [0.3, 0.4) is 0 Å². The Kier molecular flexibility index (Phi) is 7.18. The number of likely N-dealkylation sites (tertiary alicyclic amines) is 1. The van der Waals surface area contributed by atoms with Crippen molar-refractivity contribution in [2.75, 3.05) is 44.3 Å². The molecule has 188 valence electrons. The predicted octanol–water partition coefficient (Wildman–Crippen LogP) is 4.65. The predicted molar refractivity (Wildman–Crippen MR) is 134 cm³/mol. The van der Waals surface area contributed by atoms with Crippen LogP contribution in [0.5, 0.6) is 0 Å². The van der Waals surface area contributed by atoms with E-state index in [9.17, 15) is 13.9 Å². The molecule has 0 saturated carbocycles. The van der Waals surface area contributed by atoms with Crippen molar-refractivity contribution in [2.24, 2.45) is 0 Å². The van der Waals surface area contributed by atoms with E-state index >= 15 is 0 Å². The molecule has 5 rings (SSSR count). The number of alkyl halides is 2. The molecule has 2 fully saturated rings. The molecule has 2 aliphatic heterocycles. The summed E-state index contributed by atoms with van der Waals surface area (Å²) in [6.07, 6.45) is -1.31. The standard InChI is InChI=1S/C24H28ClF2N5O2S/c1-15(22(33)32-8-6-24(26,27)7-9-32)35-23-28-19-14-18(25)20(29-21(19)30-23)16-2-4-17(5-3-16)31-10-12-34-13-11-31/h2-5,14-15,22,33H,6-13H2,1H3,(H,28,29,30). The largest absolute Gasteiger partial charge is 0.378 e.